The van der Waals surface area contributed by atoms with Gasteiger partial charge in [-0.05, 0) is 31.8 Å². The average molecular weight is 176 g/mol. The first-order valence-corrected chi connectivity index (χ1v) is 4.48. The van der Waals surface area contributed by atoms with Crippen LogP contribution in [0.4, 0.5) is 0 Å². The van der Waals surface area contributed by atoms with Crippen molar-refractivity contribution >= 4 is 12.6 Å². The van der Waals surface area contributed by atoms with Crippen LogP contribution in [0.25, 0.3) is 0 Å². The molecule has 2 rings (SSSR count). The smallest absolute Gasteiger partial charge is 0.423 e. The number of rotatable bonds is 0. The molecule has 0 saturated carbocycles. The van der Waals surface area contributed by atoms with Gasteiger partial charge in [0.05, 0.1) is 5.60 Å². The summed E-state index contributed by atoms with van der Waals surface area (Å²) in [6.07, 6.45) is 0. The molecule has 0 fully saturated rings. The standard InChI is InChI=1S/C10H13BO2/c1-7-5-4-6-8-9(7)11(12)13-10(8,2)3/h4-6,12H,1-3H3. The Morgan fingerprint density at radius 3 is 2.69 bits per heavy atom. The van der Waals surface area contributed by atoms with Gasteiger partial charge in [0.25, 0.3) is 0 Å². The molecule has 0 radical (unpaired) electrons. The van der Waals surface area contributed by atoms with E-state index in [0.29, 0.717) is 0 Å². The highest BCUT2D eigenvalue weighted by Crippen LogP contribution is 2.30. The maximum Gasteiger partial charge on any atom is 0.492 e. The first-order valence-electron chi connectivity index (χ1n) is 4.48. The normalized spacial score (nSPS) is 18.9. The fourth-order valence-electron chi connectivity index (χ4n) is 1.93. The Balaban J connectivity index is 2.65. The summed E-state index contributed by atoms with van der Waals surface area (Å²) in [5.74, 6) is 0. The van der Waals surface area contributed by atoms with E-state index >= 15 is 0 Å². The maximum absolute atomic E-state index is 9.68. The second kappa shape index (κ2) is 2.60. The molecule has 0 unspecified atom stereocenters. The van der Waals surface area contributed by atoms with E-state index < -0.39 is 7.12 Å². The van der Waals surface area contributed by atoms with E-state index in [2.05, 4.69) is 0 Å². The van der Waals surface area contributed by atoms with Crippen LogP contribution >= 0.6 is 0 Å². The van der Waals surface area contributed by atoms with Crippen LogP contribution in [0.3, 0.4) is 0 Å². The second-order valence-electron chi connectivity index (χ2n) is 4.02. The van der Waals surface area contributed by atoms with Crippen molar-refractivity contribution in [2.45, 2.75) is 26.4 Å². The predicted octanol–water partition coefficient (Wildman–Crippen LogP) is 0.948. The molecule has 1 N–H and O–H groups in total. The molecule has 1 aromatic carbocycles. The van der Waals surface area contributed by atoms with Crippen LogP contribution < -0.4 is 5.46 Å². The quantitative estimate of drug-likeness (QED) is 0.596. The summed E-state index contributed by atoms with van der Waals surface area (Å²) in [4.78, 5) is 0. The molecule has 13 heavy (non-hydrogen) atoms. The third-order valence-corrected chi connectivity index (χ3v) is 2.63. The van der Waals surface area contributed by atoms with Gasteiger partial charge in [0.2, 0.25) is 0 Å². The van der Waals surface area contributed by atoms with Gasteiger partial charge in [-0.15, -0.1) is 0 Å². The minimum Gasteiger partial charge on any atom is -0.423 e. The zero-order valence-electron chi connectivity index (χ0n) is 8.16. The maximum atomic E-state index is 9.68. The second-order valence-corrected chi connectivity index (χ2v) is 4.02. The number of benzene rings is 1. The lowest BCUT2D eigenvalue weighted by Crippen LogP contribution is -2.30. The molecule has 1 aliphatic heterocycles. The third-order valence-electron chi connectivity index (χ3n) is 2.63. The summed E-state index contributed by atoms with van der Waals surface area (Å²) in [5.41, 5.74) is 2.77. The molecule has 0 aromatic heterocycles. The van der Waals surface area contributed by atoms with Crippen molar-refractivity contribution < 1.29 is 9.68 Å². The average Bonchev–Trinajstić information content (AvgIpc) is 2.24. The minimum atomic E-state index is -0.758. The fourth-order valence-corrected chi connectivity index (χ4v) is 1.93. The highest BCUT2D eigenvalue weighted by Gasteiger charge is 2.41. The van der Waals surface area contributed by atoms with E-state index in [-0.39, 0.29) is 5.60 Å². The first-order chi connectivity index (χ1) is 6.02. The molecular formula is C10H13BO2. The van der Waals surface area contributed by atoms with E-state index in [1.54, 1.807) is 0 Å². The summed E-state index contributed by atoms with van der Waals surface area (Å²) in [6, 6.07) is 6.00. The lowest BCUT2D eigenvalue weighted by Gasteiger charge is -2.19. The molecule has 3 heteroatoms. The number of hydrogen-bond donors (Lipinski definition) is 1. The molecule has 1 heterocycles. The molecule has 1 aromatic rings. The van der Waals surface area contributed by atoms with Gasteiger partial charge in [0.15, 0.2) is 0 Å². The van der Waals surface area contributed by atoms with Crippen molar-refractivity contribution in [3.05, 3.63) is 29.3 Å². The lowest BCUT2D eigenvalue weighted by molar-refractivity contribution is 0.101. The van der Waals surface area contributed by atoms with Gasteiger partial charge in [-0.3, -0.25) is 0 Å². The van der Waals surface area contributed by atoms with Crippen molar-refractivity contribution in [2.75, 3.05) is 0 Å². The van der Waals surface area contributed by atoms with Crippen molar-refractivity contribution in [3.8, 4) is 0 Å². The van der Waals surface area contributed by atoms with E-state index in [1.165, 1.54) is 0 Å². The van der Waals surface area contributed by atoms with E-state index in [1.807, 2.05) is 39.0 Å². The lowest BCUT2D eigenvalue weighted by atomic mass is 9.75. The van der Waals surface area contributed by atoms with Crippen LogP contribution in [0, 0.1) is 6.92 Å². The summed E-state index contributed by atoms with van der Waals surface area (Å²) in [7, 11) is -0.758. The molecule has 0 aliphatic carbocycles. The summed E-state index contributed by atoms with van der Waals surface area (Å²) >= 11 is 0. The topological polar surface area (TPSA) is 29.5 Å². The Bertz CT molecular complexity index is 347. The zero-order chi connectivity index (χ0) is 9.64. The van der Waals surface area contributed by atoms with Gasteiger partial charge >= 0.3 is 7.12 Å². The van der Waals surface area contributed by atoms with Crippen LogP contribution in [0.2, 0.25) is 0 Å². The van der Waals surface area contributed by atoms with Crippen molar-refractivity contribution in [1.29, 1.82) is 0 Å². The van der Waals surface area contributed by atoms with Gasteiger partial charge in [-0.1, -0.05) is 23.8 Å². The SMILES string of the molecule is Cc1cccc2c1B(O)OC2(C)C. The number of hydrogen-bond acceptors (Lipinski definition) is 2. The molecule has 2 nitrogen and oxygen atoms in total. The van der Waals surface area contributed by atoms with Crippen molar-refractivity contribution in [1.82, 2.24) is 0 Å². The molecular weight excluding hydrogens is 163 g/mol. The molecule has 0 bridgehead atoms. The van der Waals surface area contributed by atoms with E-state index in [9.17, 15) is 5.02 Å². The summed E-state index contributed by atoms with van der Waals surface area (Å²) in [5, 5.41) is 9.68. The Morgan fingerprint density at radius 2 is 2.08 bits per heavy atom. The predicted molar refractivity (Wildman–Crippen MR) is 52.9 cm³/mol. The third kappa shape index (κ3) is 1.19. The zero-order valence-corrected chi connectivity index (χ0v) is 8.16. The number of aryl methyl sites for hydroxylation is 1. The highest BCUT2D eigenvalue weighted by molar-refractivity contribution is 6.62. The molecule has 0 amide bonds. The Kier molecular flexibility index (Phi) is 1.75. The van der Waals surface area contributed by atoms with Gasteiger partial charge < -0.3 is 9.68 Å². The van der Waals surface area contributed by atoms with Gasteiger partial charge in [0.1, 0.15) is 0 Å². The molecule has 0 atom stereocenters. The Morgan fingerprint density at radius 1 is 1.38 bits per heavy atom. The highest BCUT2D eigenvalue weighted by atomic mass is 16.5. The minimum absolute atomic E-state index is 0.360. The largest absolute Gasteiger partial charge is 0.492 e. The fraction of sp³-hybridized carbons (Fsp3) is 0.400. The van der Waals surface area contributed by atoms with E-state index in [0.717, 1.165) is 16.6 Å². The van der Waals surface area contributed by atoms with Gasteiger partial charge in [-0.25, -0.2) is 0 Å². The monoisotopic (exact) mass is 176 g/mol. The first kappa shape index (κ1) is 8.79. The summed E-state index contributed by atoms with van der Waals surface area (Å²) < 4.78 is 5.46. The Labute approximate surface area is 78.7 Å². The van der Waals surface area contributed by atoms with Crippen LogP contribution in [-0.2, 0) is 10.3 Å². The molecule has 68 valence electrons. The van der Waals surface area contributed by atoms with Crippen LogP contribution in [-0.4, -0.2) is 12.1 Å². The van der Waals surface area contributed by atoms with Gasteiger partial charge in [0, 0.05) is 0 Å². The van der Waals surface area contributed by atoms with E-state index in [4.69, 9.17) is 4.65 Å². The van der Waals surface area contributed by atoms with Gasteiger partial charge in [-0.2, -0.15) is 0 Å². The molecule has 0 spiro atoms. The molecule has 1 aliphatic rings. The van der Waals surface area contributed by atoms with Crippen molar-refractivity contribution in [2.24, 2.45) is 0 Å². The summed E-state index contributed by atoms with van der Waals surface area (Å²) in [6.45, 7) is 5.94. The van der Waals surface area contributed by atoms with Crippen LogP contribution in [0.5, 0.6) is 0 Å². The van der Waals surface area contributed by atoms with Crippen molar-refractivity contribution in [3.63, 3.8) is 0 Å². The Hall–Kier alpha value is -0.795. The molecule has 0 saturated heterocycles. The van der Waals surface area contributed by atoms with Crippen LogP contribution in [0.15, 0.2) is 18.2 Å². The van der Waals surface area contributed by atoms with Crippen LogP contribution in [0.1, 0.15) is 25.0 Å². The number of fused-ring (bicyclic) bond motifs is 1.